The van der Waals surface area contributed by atoms with Gasteiger partial charge in [-0.05, 0) is 47.2 Å². The van der Waals surface area contributed by atoms with Crippen LogP contribution in [0.5, 0.6) is 0 Å². The number of unbranched alkanes of at least 4 members (excludes halogenated alkanes) is 22. The molecular weight excluding hydrogens is 737 g/mol. The van der Waals surface area contributed by atoms with Crippen LogP contribution in [0.2, 0.25) is 0 Å². The van der Waals surface area contributed by atoms with Crippen LogP contribution in [0, 0.1) is 0 Å². The molecule has 0 saturated heterocycles. The third-order valence-corrected chi connectivity index (χ3v) is 11.3. The minimum absolute atomic E-state index is 0.808. The van der Waals surface area contributed by atoms with Crippen molar-refractivity contribution in [2.45, 2.75) is 168 Å². The van der Waals surface area contributed by atoms with Crippen molar-refractivity contribution in [3.63, 3.8) is 0 Å². The molecule has 2 aromatic carbocycles. The molecule has 6 nitrogen and oxygen atoms in total. The summed E-state index contributed by atoms with van der Waals surface area (Å²) < 4.78 is 33.1. The molecule has 1 heterocycles. The van der Waals surface area contributed by atoms with Crippen molar-refractivity contribution < 1.29 is 21.7 Å². The molecule has 0 fully saturated rings. The van der Waals surface area contributed by atoms with E-state index in [1.165, 1.54) is 195 Å². The lowest BCUT2D eigenvalue weighted by molar-refractivity contribution is -0.671. The lowest BCUT2D eigenvalue weighted by Crippen LogP contribution is -2.25. The lowest BCUT2D eigenvalue weighted by atomic mass is 10.0. The summed E-state index contributed by atoms with van der Waals surface area (Å²) in [7, 11) is -1.56. The van der Waals surface area contributed by atoms with Crippen LogP contribution in [0.1, 0.15) is 190 Å². The van der Waals surface area contributed by atoms with Crippen LogP contribution in [0.25, 0.3) is 24.3 Å². The second kappa shape index (κ2) is 33.6. The molecule has 0 aliphatic carbocycles. The second-order valence-corrected chi connectivity index (χ2v) is 17.2. The number of rotatable bonds is 32. The molecule has 0 radical (unpaired) electrons. The fourth-order valence-corrected chi connectivity index (χ4v) is 7.18. The molecule has 0 amide bonds. The van der Waals surface area contributed by atoms with Gasteiger partial charge in [0.1, 0.15) is 7.05 Å². The van der Waals surface area contributed by atoms with Gasteiger partial charge in [-0.3, -0.25) is 4.18 Å². The van der Waals surface area contributed by atoms with Crippen LogP contribution < -0.4 is 9.47 Å². The van der Waals surface area contributed by atoms with Gasteiger partial charge < -0.3 is 9.45 Å². The molecular formula is C51H80N2O4S. The van der Waals surface area contributed by atoms with Crippen LogP contribution in [0.3, 0.4) is 0 Å². The van der Waals surface area contributed by atoms with Crippen LogP contribution in [-0.2, 0) is 21.6 Å². The molecule has 0 unspecified atom stereocenters. The maximum absolute atomic E-state index is 9.22. The maximum Gasteiger partial charge on any atom is 0.217 e. The van der Waals surface area contributed by atoms with Gasteiger partial charge in [0.15, 0.2) is 12.4 Å². The van der Waals surface area contributed by atoms with Crippen molar-refractivity contribution in [3.8, 4) is 0 Å². The predicted molar refractivity (Wildman–Crippen MR) is 249 cm³/mol. The largest absolute Gasteiger partial charge is 0.726 e. The van der Waals surface area contributed by atoms with Crippen molar-refractivity contribution in [2.75, 3.05) is 25.1 Å². The standard InChI is InChI=1S/C50H77N2.CH4O4S/c1-4-6-8-10-12-14-16-18-20-22-24-26-42-52(43-27-25-23-21-19-17-15-13-11-9-7-5-2)50-38-36-48(37-39-50)33-32-46-28-30-47(31-29-46)34-35-49-40-44-51(3)45-41-49;1-5-6(2,3)4/h28-41,44-45H,4-27,42-43H2,1-3H3;1H3,(H,2,3,4)/q+1;/p-1. The molecule has 3 aromatic rings. The third-order valence-electron chi connectivity index (χ3n) is 10.9. The van der Waals surface area contributed by atoms with Gasteiger partial charge in [-0.2, -0.15) is 0 Å². The fraction of sp³-hybridized carbons (Fsp3) is 0.588. The Morgan fingerprint density at radius 3 is 1.03 bits per heavy atom. The Balaban J connectivity index is 0.00000179. The first kappa shape index (κ1) is 50.9. The zero-order valence-corrected chi connectivity index (χ0v) is 37.9. The van der Waals surface area contributed by atoms with Gasteiger partial charge in [0.25, 0.3) is 0 Å². The van der Waals surface area contributed by atoms with Crippen molar-refractivity contribution in [2.24, 2.45) is 7.05 Å². The van der Waals surface area contributed by atoms with Crippen LogP contribution >= 0.6 is 0 Å². The molecule has 0 saturated carbocycles. The number of aryl methyl sites for hydroxylation is 1. The Morgan fingerprint density at radius 1 is 0.483 bits per heavy atom. The molecule has 1 aromatic heterocycles. The van der Waals surface area contributed by atoms with Gasteiger partial charge in [0.2, 0.25) is 10.4 Å². The van der Waals surface area contributed by atoms with Crippen LogP contribution in [0.15, 0.2) is 73.1 Å². The summed E-state index contributed by atoms with van der Waals surface area (Å²) in [4.78, 5) is 2.68. The quantitative estimate of drug-likeness (QED) is 0.0206. The van der Waals surface area contributed by atoms with E-state index in [0.717, 1.165) is 7.11 Å². The summed E-state index contributed by atoms with van der Waals surface area (Å²) in [6.07, 6.45) is 46.8. The topological polar surface area (TPSA) is 73.5 Å². The SMILES string of the molecule is CCCCCCCCCCCCCCN(CCCCCCCCCCCCCC)c1ccc(C=Cc2ccc(C=Cc3cc[n+](C)cc3)cc2)cc1.COS(=O)(=O)[O-]. The Bertz CT molecular complexity index is 1540. The number of benzene rings is 2. The molecule has 3 rings (SSSR count). The summed E-state index contributed by atoms with van der Waals surface area (Å²) in [6, 6.07) is 22.4. The molecule has 0 spiro atoms. The minimum atomic E-state index is -4.41. The van der Waals surface area contributed by atoms with Crippen molar-refractivity contribution >= 4 is 40.4 Å². The van der Waals surface area contributed by atoms with E-state index in [1.807, 2.05) is 7.05 Å². The van der Waals surface area contributed by atoms with E-state index in [-0.39, 0.29) is 0 Å². The number of anilines is 1. The average Bonchev–Trinajstić information content (AvgIpc) is 3.23. The number of pyridine rings is 1. The van der Waals surface area contributed by atoms with Gasteiger partial charge in [-0.25, -0.2) is 13.0 Å². The summed E-state index contributed by atoms with van der Waals surface area (Å²) in [5.41, 5.74) is 6.32. The monoisotopic (exact) mass is 817 g/mol. The number of hydrogen-bond acceptors (Lipinski definition) is 5. The molecule has 7 heteroatoms. The molecule has 0 aliphatic heterocycles. The Hall–Kier alpha value is -3.26. The van der Waals surface area contributed by atoms with E-state index in [4.69, 9.17) is 0 Å². The fourth-order valence-electron chi connectivity index (χ4n) is 7.18. The molecule has 0 atom stereocenters. The van der Waals surface area contributed by atoms with Crippen molar-refractivity contribution in [1.29, 1.82) is 0 Å². The van der Waals surface area contributed by atoms with Gasteiger partial charge in [-0.15, -0.1) is 0 Å². The van der Waals surface area contributed by atoms with Crippen LogP contribution in [0.4, 0.5) is 5.69 Å². The van der Waals surface area contributed by atoms with Crippen LogP contribution in [-0.4, -0.2) is 33.2 Å². The van der Waals surface area contributed by atoms with E-state index >= 15 is 0 Å². The first-order valence-corrected chi connectivity index (χ1v) is 24.4. The van der Waals surface area contributed by atoms with E-state index in [1.54, 1.807) is 0 Å². The van der Waals surface area contributed by atoms with Crippen molar-refractivity contribution in [3.05, 3.63) is 95.3 Å². The lowest BCUT2D eigenvalue weighted by Gasteiger charge is -2.25. The summed E-state index contributed by atoms with van der Waals surface area (Å²) >= 11 is 0. The smallest absolute Gasteiger partial charge is 0.217 e. The van der Waals surface area contributed by atoms with Gasteiger partial charge in [-0.1, -0.05) is 216 Å². The first-order chi connectivity index (χ1) is 28.2. The third kappa shape index (κ3) is 27.4. The maximum atomic E-state index is 9.22. The number of hydrogen-bond donors (Lipinski definition) is 0. The summed E-state index contributed by atoms with van der Waals surface area (Å²) in [6.45, 7) is 6.99. The molecule has 0 aliphatic rings. The molecule has 0 N–H and O–H groups in total. The highest BCUT2D eigenvalue weighted by atomic mass is 32.3. The highest BCUT2D eigenvalue weighted by molar-refractivity contribution is 7.80. The summed E-state index contributed by atoms with van der Waals surface area (Å²) in [5, 5.41) is 0. The minimum Gasteiger partial charge on any atom is -0.726 e. The molecule has 58 heavy (non-hydrogen) atoms. The highest BCUT2D eigenvalue weighted by Gasteiger charge is 2.07. The van der Waals surface area contributed by atoms with E-state index in [0.29, 0.717) is 0 Å². The Kier molecular flexibility index (Phi) is 29.4. The van der Waals surface area contributed by atoms with E-state index < -0.39 is 10.4 Å². The van der Waals surface area contributed by atoms with Gasteiger partial charge >= 0.3 is 0 Å². The summed E-state index contributed by atoms with van der Waals surface area (Å²) in [5.74, 6) is 0. The molecule has 324 valence electrons. The van der Waals surface area contributed by atoms with E-state index in [9.17, 15) is 13.0 Å². The highest BCUT2D eigenvalue weighted by Crippen LogP contribution is 2.21. The van der Waals surface area contributed by atoms with E-state index in [2.05, 4.69) is 125 Å². The first-order valence-electron chi connectivity index (χ1n) is 23.0. The Labute approximate surface area is 356 Å². The normalized spacial score (nSPS) is 11.7. The van der Waals surface area contributed by atoms with Crippen molar-refractivity contribution in [1.82, 2.24) is 0 Å². The zero-order valence-electron chi connectivity index (χ0n) is 37.1. The van der Waals surface area contributed by atoms with Gasteiger partial charge in [0, 0.05) is 30.9 Å². The number of aromatic nitrogens is 1. The predicted octanol–water partition coefficient (Wildman–Crippen LogP) is 14.2. The number of nitrogens with zero attached hydrogens (tertiary/aromatic N) is 2. The second-order valence-electron chi connectivity index (χ2n) is 16.1. The zero-order chi connectivity index (χ0) is 41.9. The van der Waals surface area contributed by atoms with Gasteiger partial charge in [0.05, 0.1) is 7.11 Å². The average molecular weight is 817 g/mol. The molecule has 0 bridgehead atoms. The Morgan fingerprint density at radius 2 is 0.741 bits per heavy atom.